The summed E-state index contributed by atoms with van der Waals surface area (Å²) >= 11 is 5.89. The summed E-state index contributed by atoms with van der Waals surface area (Å²) in [6, 6.07) is 5.61. The lowest BCUT2D eigenvalue weighted by molar-refractivity contribution is 0.937. The van der Waals surface area contributed by atoms with Crippen LogP contribution in [0.15, 0.2) is 30.1 Å². The maximum absolute atomic E-state index is 5.95. The first-order valence-electron chi connectivity index (χ1n) is 5.35. The summed E-state index contributed by atoms with van der Waals surface area (Å²) in [5.74, 6) is 6.47. The molecule has 0 spiro atoms. The predicted octanol–water partition coefficient (Wildman–Crippen LogP) is 2.54. The van der Waals surface area contributed by atoms with E-state index >= 15 is 0 Å². The first kappa shape index (κ1) is 11.3. The summed E-state index contributed by atoms with van der Waals surface area (Å²) in [6.07, 6.45) is 4.15. The SMILES string of the molecule is Cc1cc(Cl)ccc1N(N)/C=C(\N)C1CC1. The molecular formula is C12H16ClN3. The lowest BCUT2D eigenvalue weighted by Gasteiger charge is -2.17. The number of anilines is 1. The normalized spacial score (nSPS) is 16.3. The monoisotopic (exact) mass is 237 g/mol. The van der Waals surface area contributed by atoms with Gasteiger partial charge in [0.05, 0.1) is 5.69 Å². The van der Waals surface area contributed by atoms with Crippen LogP contribution in [0.3, 0.4) is 0 Å². The predicted molar refractivity (Wildman–Crippen MR) is 67.8 cm³/mol. The number of nitrogens with two attached hydrogens (primary N) is 2. The Morgan fingerprint density at radius 2 is 2.19 bits per heavy atom. The number of nitrogens with zero attached hydrogens (tertiary/aromatic N) is 1. The van der Waals surface area contributed by atoms with E-state index in [2.05, 4.69) is 0 Å². The van der Waals surface area contributed by atoms with E-state index in [0.717, 1.165) is 16.9 Å². The molecule has 2 rings (SSSR count). The van der Waals surface area contributed by atoms with E-state index in [9.17, 15) is 0 Å². The maximum Gasteiger partial charge on any atom is 0.0599 e. The Bertz CT molecular complexity index is 424. The van der Waals surface area contributed by atoms with Gasteiger partial charge in [-0.15, -0.1) is 0 Å². The van der Waals surface area contributed by atoms with Crippen LogP contribution in [0.2, 0.25) is 5.02 Å². The minimum Gasteiger partial charge on any atom is -0.401 e. The average Bonchev–Trinajstić information content (AvgIpc) is 2.99. The Hall–Kier alpha value is -1.19. The number of aryl methyl sites for hydroxylation is 1. The van der Waals surface area contributed by atoms with Crippen LogP contribution in [0.5, 0.6) is 0 Å². The summed E-state index contributed by atoms with van der Waals surface area (Å²) in [5.41, 5.74) is 8.73. The second kappa shape index (κ2) is 4.36. The molecule has 0 radical (unpaired) electrons. The van der Waals surface area contributed by atoms with E-state index in [0.29, 0.717) is 10.9 Å². The highest BCUT2D eigenvalue weighted by atomic mass is 35.5. The zero-order valence-corrected chi connectivity index (χ0v) is 10.0. The van der Waals surface area contributed by atoms with Gasteiger partial charge in [-0.05, 0) is 43.5 Å². The van der Waals surface area contributed by atoms with Gasteiger partial charge in [0.2, 0.25) is 0 Å². The fourth-order valence-electron chi connectivity index (χ4n) is 1.66. The van der Waals surface area contributed by atoms with Crippen LogP contribution < -0.4 is 16.6 Å². The van der Waals surface area contributed by atoms with E-state index in [1.54, 1.807) is 11.2 Å². The van der Waals surface area contributed by atoms with Gasteiger partial charge in [-0.25, -0.2) is 5.84 Å². The Morgan fingerprint density at radius 3 is 2.75 bits per heavy atom. The molecule has 0 aliphatic heterocycles. The molecule has 0 aromatic heterocycles. The molecule has 16 heavy (non-hydrogen) atoms. The van der Waals surface area contributed by atoms with Crippen molar-refractivity contribution in [2.75, 3.05) is 5.01 Å². The molecule has 0 heterocycles. The summed E-state index contributed by atoms with van der Waals surface area (Å²) in [7, 11) is 0. The summed E-state index contributed by atoms with van der Waals surface area (Å²) in [5, 5.41) is 2.29. The third kappa shape index (κ3) is 2.49. The van der Waals surface area contributed by atoms with Crippen molar-refractivity contribution in [2.45, 2.75) is 19.8 Å². The van der Waals surface area contributed by atoms with Crippen LogP contribution >= 0.6 is 11.6 Å². The molecule has 86 valence electrons. The molecule has 1 saturated carbocycles. The smallest absolute Gasteiger partial charge is 0.0599 e. The van der Waals surface area contributed by atoms with Crippen molar-refractivity contribution in [3.05, 3.63) is 40.7 Å². The Balaban J connectivity index is 2.19. The molecule has 4 N–H and O–H groups in total. The van der Waals surface area contributed by atoms with Crippen molar-refractivity contribution in [1.29, 1.82) is 0 Å². The van der Waals surface area contributed by atoms with E-state index in [1.165, 1.54) is 12.8 Å². The Kier molecular flexibility index (Phi) is 3.08. The number of rotatable bonds is 3. The highest BCUT2D eigenvalue weighted by molar-refractivity contribution is 6.30. The van der Waals surface area contributed by atoms with E-state index in [4.69, 9.17) is 23.2 Å². The molecule has 0 saturated heterocycles. The topological polar surface area (TPSA) is 55.3 Å². The van der Waals surface area contributed by atoms with Gasteiger partial charge < -0.3 is 5.73 Å². The van der Waals surface area contributed by atoms with Crippen LogP contribution in [0, 0.1) is 12.8 Å². The highest BCUT2D eigenvalue weighted by Gasteiger charge is 2.24. The largest absolute Gasteiger partial charge is 0.401 e. The number of hydrogen-bond acceptors (Lipinski definition) is 3. The van der Waals surface area contributed by atoms with E-state index < -0.39 is 0 Å². The van der Waals surface area contributed by atoms with Gasteiger partial charge in [0.15, 0.2) is 0 Å². The lowest BCUT2D eigenvalue weighted by atomic mass is 10.2. The van der Waals surface area contributed by atoms with Gasteiger partial charge in [0, 0.05) is 22.8 Å². The fraction of sp³-hybridized carbons (Fsp3) is 0.333. The number of halogens is 1. The van der Waals surface area contributed by atoms with Crippen molar-refractivity contribution in [2.24, 2.45) is 17.5 Å². The highest BCUT2D eigenvalue weighted by Crippen LogP contribution is 2.34. The molecule has 0 bridgehead atoms. The van der Waals surface area contributed by atoms with Crippen molar-refractivity contribution in [3.8, 4) is 0 Å². The summed E-state index contributed by atoms with van der Waals surface area (Å²) in [6.45, 7) is 1.97. The molecular weight excluding hydrogens is 222 g/mol. The summed E-state index contributed by atoms with van der Waals surface area (Å²) in [4.78, 5) is 0. The van der Waals surface area contributed by atoms with Crippen molar-refractivity contribution < 1.29 is 0 Å². The average molecular weight is 238 g/mol. The van der Waals surface area contributed by atoms with Crippen molar-refractivity contribution >= 4 is 17.3 Å². The zero-order chi connectivity index (χ0) is 11.7. The molecule has 0 atom stereocenters. The number of hydrazine groups is 1. The van der Waals surface area contributed by atoms with E-state index in [1.807, 2.05) is 25.1 Å². The fourth-order valence-corrected chi connectivity index (χ4v) is 1.89. The van der Waals surface area contributed by atoms with Gasteiger partial charge in [-0.2, -0.15) is 0 Å². The second-order valence-corrected chi connectivity index (χ2v) is 4.68. The Labute approximate surface area is 101 Å². The first-order valence-corrected chi connectivity index (χ1v) is 5.73. The number of hydrogen-bond donors (Lipinski definition) is 2. The number of benzene rings is 1. The van der Waals surface area contributed by atoms with Crippen LogP contribution in [0.1, 0.15) is 18.4 Å². The Morgan fingerprint density at radius 1 is 1.50 bits per heavy atom. The molecule has 0 unspecified atom stereocenters. The minimum atomic E-state index is 0.527. The van der Waals surface area contributed by atoms with E-state index in [-0.39, 0.29) is 0 Å². The quantitative estimate of drug-likeness (QED) is 0.628. The maximum atomic E-state index is 5.95. The van der Waals surface area contributed by atoms with Crippen LogP contribution in [-0.2, 0) is 0 Å². The van der Waals surface area contributed by atoms with Crippen LogP contribution in [0.4, 0.5) is 5.69 Å². The van der Waals surface area contributed by atoms with Crippen molar-refractivity contribution in [3.63, 3.8) is 0 Å². The standard InChI is InChI=1S/C12H16ClN3/c1-8-6-10(13)4-5-12(8)16(15)7-11(14)9-2-3-9/h4-7,9H,2-3,14-15H2,1H3/b11-7-. The molecule has 1 aliphatic carbocycles. The third-order valence-electron chi connectivity index (χ3n) is 2.77. The van der Waals surface area contributed by atoms with Gasteiger partial charge >= 0.3 is 0 Å². The molecule has 1 aliphatic rings. The molecule has 4 heteroatoms. The molecule has 1 fully saturated rings. The summed E-state index contributed by atoms with van der Waals surface area (Å²) < 4.78 is 0. The van der Waals surface area contributed by atoms with Gasteiger partial charge in [-0.1, -0.05) is 11.6 Å². The molecule has 1 aromatic rings. The van der Waals surface area contributed by atoms with Gasteiger partial charge in [0.1, 0.15) is 0 Å². The molecule has 3 nitrogen and oxygen atoms in total. The first-order chi connectivity index (χ1) is 7.58. The minimum absolute atomic E-state index is 0.527. The number of allylic oxidation sites excluding steroid dienone is 1. The third-order valence-corrected chi connectivity index (χ3v) is 3.01. The molecule has 0 amide bonds. The van der Waals surface area contributed by atoms with Crippen molar-refractivity contribution in [1.82, 2.24) is 0 Å². The zero-order valence-electron chi connectivity index (χ0n) is 9.28. The molecule has 1 aromatic carbocycles. The van der Waals surface area contributed by atoms with Crippen LogP contribution in [0.25, 0.3) is 0 Å². The second-order valence-electron chi connectivity index (χ2n) is 4.24. The van der Waals surface area contributed by atoms with Gasteiger partial charge in [-0.3, -0.25) is 5.01 Å². The van der Waals surface area contributed by atoms with Crippen LogP contribution in [-0.4, -0.2) is 0 Å². The lowest BCUT2D eigenvalue weighted by Crippen LogP contribution is -2.27. The van der Waals surface area contributed by atoms with Gasteiger partial charge in [0.25, 0.3) is 0 Å².